The summed E-state index contributed by atoms with van der Waals surface area (Å²) in [4.78, 5) is 13.5. The molecule has 22 heavy (non-hydrogen) atoms. The number of H-pyrrole nitrogens is 1. The van der Waals surface area contributed by atoms with Gasteiger partial charge in [-0.3, -0.25) is 10.1 Å². The summed E-state index contributed by atoms with van der Waals surface area (Å²) >= 11 is 5.34. The molecule has 116 valence electrons. The molecule has 2 heterocycles. The summed E-state index contributed by atoms with van der Waals surface area (Å²) in [6, 6.07) is 4.69. The molecule has 0 spiro atoms. The summed E-state index contributed by atoms with van der Waals surface area (Å²) in [6.07, 6.45) is 3.21. The average molecular weight is 320 g/mol. The highest BCUT2D eigenvalue weighted by Crippen LogP contribution is 2.33. The van der Waals surface area contributed by atoms with Crippen molar-refractivity contribution in [2.24, 2.45) is 5.73 Å². The van der Waals surface area contributed by atoms with Crippen LogP contribution in [0.1, 0.15) is 17.3 Å². The Balaban J connectivity index is 1.94. The van der Waals surface area contributed by atoms with Gasteiger partial charge in [0.2, 0.25) is 0 Å². The number of ether oxygens (including phenoxy) is 1. The number of rotatable bonds is 4. The van der Waals surface area contributed by atoms with E-state index in [2.05, 4.69) is 4.98 Å². The normalized spacial score (nSPS) is 16.9. The fourth-order valence-corrected chi connectivity index (χ4v) is 3.12. The van der Waals surface area contributed by atoms with Gasteiger partial charge in [-0.2, -0.15) is 0 Å². The van der Waals surface area contributed by atoms with Crippen LogP contribution in [0, 0.1) is 14.9 Å². The van der Waals surface area contributed by atoms with Crippen LogP contribution < -0.4 is 10.5 Å². The van der Waals surface area contributed by atoms with Crippen molar-refractivity contribution in [1.82, 2.24) is 9.55 Å². The molecule has 0 bridgehead atoms. The smallest absolute Gasteiger partial charge is 0.269 e. The predicted molar refractivity (Wildman–Crippen MR) is 83.7 cm³/mol. The second kappa shape index (κ2) is 5.90. The van der Waals surface area contributed by atoms with Crippen molar-refractivity contribution in [3.8, 4) is 5.75 Å². The largest absolute Gasteiger partial charge is 0.491 e. The number of fused-ring (bicyclic) bond motifs is 1. The van der Waals surface area contributed by atoms with Crippen LogP contribution in [0.3, 0.4) is 0 Å². The maximum absolute atomic E-state index is 10.9. The van der Waals surface area contributed by atoms with E-state index in [9.17, 15) is 10.1 Å². The van der Waals surface area contributed by atoms with Crippen LogP contribution in [0.15, 0.2) is 24.4 Å². The van der Waals surface area contributed by atoms with Crippen molar-refractivity contribution in [1.29, 1.82) is 0 Å². The molecular weight excluding hydrogens is 304 g/mol. The van der Waals surface area contributed by atoms with Gasteiger partial charge in [0.25, 0.3) is 5.69 Å². The number of imidazole rings is 1. The first-order chi connectivity index (χ1) is 10.6. The summed E-state index contributed by atoms with van der Waals surface area (Å²) in [5.41, 5.74) is 7.55. The maximum Gasteiger partial charge on any atom is 0.269 e. The first-order valence-electron chi connectivity index (χ1n) is 6.99. The zero-order valence-corrected chi connectivity index (χ0v) is 12.6. The molecule has 8 heteroatoms. The van der Waals surface area contributed by atoms with Gasteiger partial charge in [-0.15, -0.1) is 0 Å². The first-order valence-corrected chi connectivity index (χ1v) is 7.40. The topological polar surface area (TPSA) is 99.1 Å². The summed E-state index contributed by atoms with van der Waals surface area (Å²) in [5, 5.41) is 10.9. The van der Waals surface area contributed by atoms with E-state index in [1.54, 1.807) is 12.1 Å². The van der Waals surface area contributed by atoms with Gasteiger partial charge in [0.1, 0.15) is 12.4 Å². The van der Waals surface area contributed by atoms with Crippen molar-refractivity contribution in [2.45, 2.75) is 18.9 Å². The number of nitrogens with zero attached hydrogens (tertiary/aromatic N) is 2. The third kappa shape index (κ3) is 2.62. The quantitative estimate of drug-likeness (QED) is 0.511. The summed E-state index contributed by atoms with van der Waals surface area (Å²) in [6.45, 7) is 1.01. The number of non-ortho nitro benzene ring substituents is 1. The molecule has 2 aromatic rings. The molecule has 0 aliphatic carbocycles. The Kier molecular flexibility index (Phi) is 3.95. The summed E-state index contributed by atoms with van der Waals surface area (Å²) in [7, 11) is 0. The molecule has 0 amide bonds. The molecule has 1 aliphatic heterocycles. The standard InChI is InChI=1S/C14H16N4O3S/c15-4-3-11-7-16-14(22)17(11)12-6-9-5-10(18(19)20)1-2-13(9)21-8-12/h1-2,5,7,12H,3-4,6,8,15H2,(H,16,22)/t12-/m1/s1. The fourth-order valence-electron chi connectivity index (χ4n) is 2.80. The highest BCUT2D eigenvalue weighted by atomic mass is 32.1. The van der Waals surface area contributed by atoms with Crippen molar-refractivity contribution < 1.29 is 9.66 Å². The molecule has 3 rings (SSSR count). The molecule has 7 nitrogen and oxygen atoms in total. The number of nitrogens with two attached hydrogens (primary N) is 1. The van der Waals surface area contributed by atoms with Crippen molar-refractivity contribution in [2.75, 3.05) is 13.2 Å². The Morgan fingerprint density at radius 1 is 1.55 bits per heavy atom. The van der Waals surface area contributed by atoms with E-state index >= 15 is 0 Å². The SMILES string of the molecule is NCCc1c[nH]c(=S)n1[C@H]1COc2ccc([N+](=O)[O-])cc2C1. The van der Waals surface area contributed by atoms with E-state index in [0.29, 0.717) is 36.5 Å². The summed E-state index contributed by atoms with van der Waals surface area (Å²) < 4.78 is 8.37. The fraction of sp³-hybridized carbons (Fsp3) is 0.357. The molecule has 0 saturated carbocycles. The van der Waals surface area contributed by atoms with Crippen LogP contribution in [0.25, 0.3) is 0 Å². The Bertz CT molecular complexity index is 768. The monoisotopic (exact) mass is 320 g/mol. The van der Waals surface area contributed by atoms with Crippen molar-refractivity contribution >= 4 is 17.9 Å². The Morgan fingerprint density at radius 2 is 2.36 bits per heavy atom. The molecule has 0 saturated heterocycles. The van der Waals surface area contributed by atoms with Crippen molar-refractivity contribution in [3.05, 3.63) is 50.5 Å². The van der Waals surface area contributed by atoms with Gasteiger partial charge in [-0.25, -0.2) is 0 Å². The first kappa shape index (κ1) is 14.7. The lowest BCUT2D eigenvalue weighted by Gasteiger charge is -2.27. The average Bonchev–Trinajstić information content (AvgIpc) is 2.87. The molecule has 1 aliphatic rings. The van der Waals surface area contributed by atoms with Gasteiger partial charge in [0.15, 0.2) is 4.77 Å². The van der Waals surface area contributed by atoms with E-state index in [-0.39, 0.29) is 11.7 Å². The molecule has 1 atom stereocenters. The van der Waals surface area contributed by atoms with Crippen LogP contribution in [0.5, 0.6) is 5.75 Å². The lowest BCUT2D eigenvalue weighted by atomic mass is 10.0. The molecule has 3 N–H and O–H groups in total. The van der Waals surface area contributed by atoms with Gasteiger partial charge in [-0.1, -0.05) is 0 Å². The molecule has 0 fully saturated rings. The third-order valence-electron chi connectivity index (χ3n) is 3.80. The van der Waals surface area contributed by atoms with Crippen LogP contribution in [-0.4, -0.2) is 27.6 Å². The number of hydrogen-bond donors (Lipinski definition) is 2. The predicted octanol–water partition coefficient (Wildman–Crippen LogP) is 2.13. The van der Waals surface area contributed by atoms with Crippen molar-refractivity contribution in [3.63, 3.8) is 0 Å². The van der Waals surface area contributed by atoms with Crippen LogP contribution >= 0.6 is 12.2 Å². The lowest BCUT2D eigenvalue weighted by Crippen LogP contribution is -2.26. The second-order valence-electron chi connectivity index (χ2n) is 5.21. The summed E-state index contributed by atoms with van der Waals surface area (Å²) in [5.74, 6) is 0.698. The van der Waals surface area contributed by atoms with E-state index in [1.807, 2.05) is 10.8 Å². The maximum atomic E-state index is 10.9. The number of hydrogen-bond acceptors (Lipinski definition) is 5. The van der Waals surface area contributed by atoms with Gasteiger partial charge < -0.3 is 20.0 Å². The van der Waals surface area contributed by atoms with Gasteiger partial charge in [-0.05, 0) is 24.8 Å². The Labute approximate surface area is 131 Å². The van der Waals surface area contributed by atoms with E-state index in [1.165, 1.54) is 6.07 Å². The zero-order valence-electron chi connectivity index (χ0n) is 11.8. The molecule has 1 aromatic heterocycles. The minimum Gasteiger partial charge on any atom is -0.491 e. The minimum absolute atomic E-state index is 0.00908. The van der Waals surface area contributed by atoms with Crippen LogP contribution in [0.2, 0.25) is 0 Å². The second-order valence-corrected chi connectivity index (χ2v) is 5.60. The van der Waals surface area contributed by atoms with E-state index in [0.717, 1.165) is 11.3 Å². The van der Waals surface area contributed by atoms with E-state index < -0.39 is 4.92 Å². The number of nitro benzene ring substituents is 1. The van der Waals surface area contributed by atoms with Gasteiger partial charge >= 0.3 is 0 Å². The highest BCUT2D eigenvalue weighted by Gasteiger charge is 2.25. The highest BCUT2D eigenvalue weighted by molar-refractivity contribution is 7.71. The third-order valence-corrected chi connectivity index (χ3v) is 4.11. The van der Waals surface area contributed by atoms with Crippen LogP contribution in [-0.2, 0) is 12.8 Å². The number of benzene rings is 1. The lowest BCUT2D eigenvalue weighted by molar-refractivity contribution is -0.385. The number of nitro groups is 1. The Morgan fingerprint density at radius 3 is 3.09 bits per heavy atom. The minimum atomic E-state index is -0.397. The molecule has 1 aromatic carbocycles. The Hall–Kier alpha value is -2.19. The molecular formula is C14H16N4O3S. The van der Waals surface area contributed by atoms with Gasteiger partial charge in [0, 0.05) is 42.4 Å². The number of aromatic amines is 1. The number of aromatic nitrogens is 2. The number of nitrogens with one attached hydrogen (secondary N) is 1. The van der Waals surface area contributed by atoms with Gasteiger partial charge in [0.05, 0.1) is 11.0 Å². The molecule has 0 unspecified atom stereocenters. The molecule has 0 radical (unpaired) electrons. The zero-order chi connectivity index (χ0) is 15.7. The van der Waals surface area contributed by atoms with Crippen LogP contribution in [0.4, 0.5) is 5.69 Å². The van der Waals surface area contributed by atoms with E-state index in [4.69, 9.17) is 22.7 Å².